The molecule has 11 heteroatoms. The van der Waals surface area contributed by atoms with Crippen molar-refractivity contribution in [3.05, 3.63) is 29.6 Å². The van der Waals surface area contributed by atoms with Crippen molar-refractivity contribution in [3.8, 4) is 0 Å². The van der Waals surface area contributed by atoms with Gasteiger partial charge >= 0.3 is 6.18 Å². The maximum Gasteiger partial charge on any atom is 0.411 e. The van der Waals surface area contributed by atoms with Crippen LogP contribution >= 0.6 is 0 Å². The SMILES string of the molecule is C[C@@]1(c2cc(N)ccc2F)CS2(=O)=N[C@H](C(F)(F)F)CCCN2C(N)=N1. The van der Waals surface area contributed by atoms with Crippen LogP contribution in [0.25, 0.3) is 0 Å². The van der Waals surface area contributed by atoms with Gasteiger partial charge in [-0.1, -0.05) is 0 Å². The Morgan fingerprint density at radius 3 is 2.69 bits per heavy atom. The number of aliphatic imine (C=N–C) groups is 1. The molecule has 0 saturated heterocycles. The van der Waals surface area contributed by atoms with Gasteiger partial charge in [-0.15, -0.1) is 0 Å². The number of alkyl halides is 3. The number of hydrogen-bond donors (Lipinski definition) is 2. The first kappa shape index (κ1) is 18.7. The van der Waals surface area contributed by atoms with Gasteiger partial charge in [0, 0.05) is 17.8 Å². The third-order valence-electron chi connectivity index (χ3n) is 4.51. The molecule has 0 fully saturated rings. The zero-order chi connectivity index (χ0) is 19.3. The van der Waals surface area contributed by atoms with E-state index in [9.17, 15) is 21.8 Å². The Morgan fingerprint density at radius 1 is 1.35 bits per heavy atom. The molecular weight excluding hydrogens is 374 g/mol. The number of hydrogen-bond acceptors (Lipinski definition) is 5. The van der Waals surface area contributed by atoms with E-state index in [1.807, 2.05) is 0 Å². The van der Waals surface area contributed by atoms with Gasteiger partial charge in [0.25, 0.3) is 0 Å². The number of rotatable bonds is 1. The average Bonchev–Trinajstić information content (AvgIpc) is 2.68. The van der Waals surface area contributed by atoms with Crippen LogP contribution in [-0.2, 0) is 15.5 Å². The fourth-order valence-corrected chi connectivity index (χ4v) is 5.95. The van der Waals surface area contributed by atoms with Crippen molar-refractivity contribution in [1.82, 2.24) is 4.31 Å². The summed E-state index contributed by atoms with van der Waals surface area (Å²) in [4.78, 5) is 4.25. The molecule has 144 valence electrons. The highest BCUT2D eigenvalue weighted by Gasteiger charge is 2.47. The summed E-state index contributed by atoms with van der Waals surface area (Å²) in [5, 5.41) is 0. The molecule has 1 aromatic carbocycles. The summed E-state index contributed by atoms with van der Waals surface area (Å²) in [6.07, 6.45) is -4.78. The van der Waals surface area contributed by atoms with Crippen LogP contribution in [0.15, 0.2) is 27.6 Å². The standard InChI is InChI=1S/C15H19F4N5OS/c1-14(10-7-9(20)4-5-11(10)16)8-26(25)23-12(15(17,18)19)3-2-6-24(26)13(21)22-14/h4-5,7,12H,2-3,6,8,20H2,1H3,(H2,21,22)/t12-,14-,26?/m0/s1. The van der Waals surface area contributed by atoms with Crippen LogP contribution in [0.5, 0.6) is 0 Å². The fourth-order valence-electron chi connectivity index (χ4n) is 3.28. The summed E-state index contributed by atoms with van der Waals surface area (Å²) < 4.78 is 72.1. The van der Waals surface area contributed by atoms with Crippen LogP contribution in [0.3, 0.4) is 0 Å². The van der Waals surface area contributed by atoms with E-state index in [1.54, 1.807) is 0 Å². The van der Waals surface area contributed by atoms with E-state index in [0.717, 1.165) is 10.4 Å². The molecule has 1 unspecified atom stereocenters. The highest BCUT2D eigenvalue weighted by Crippen LogP contribution is 2.38. The number of nitrogens with zero attached hydrogens (tertiary/aromatic N) is 3. The molecule has 0 saturated carbocycles. The predicted octanol–water partition coefficient (Wildman–Crippen LogP) is 2.36. The Bertz CT molecular complexity index is 877. The number of anilines is 1. The minimum atomic E-state index is -4.61. The van der Waals surface area contributed by atoms with E-state index in [4.69, 9.17) is 11.5 Å². The highest BCUT2D eigenvalue weighted by atomic mass is 32.2. The van der Waals surface area contributed by atoms with Crippen molar-refractivity contribution < 1.29 is 21.8 Å². The van der Waals surface area contributed by atoms with E-state index in [2.05, 4.69) is 9.36 Å². The van der Waals surface area contributed by atoms with Crippen molar-refractivity contribution in [2.45, 2.75) is 37.5 Å². The Morgan fingerprint density at radius 2 is 2.04 bits per heavy atom. The monoisotopic (exact) mass is 393 g/mol. The molecule has 1 aromatic rings. The number of fused-ring (bicyclic) bond motifs is 1. The molecule has 2 aliphatic rings. The van der Waals surface area contributed by atoms with Crippen LogP contribution in [0.2, 0.25) is 0 Å². The molecule has 3 atom stereocenters. The first-order chi connectivity index (χ1) is 11.9. The second-order valence-electron chi connectivity index (χ2n) is 6.64. The van der Waals surface area contributed by atoms with Crippen LogP contribution in [0.4, 0.5) is 23.2 Å². The van der Waals surface area contributed by atoms with Gasteiger partial charge in [0.05, 0.1) is 5.75 Å². The minimum absolute atomic E-state index is 0.0193. The Hall–Kier alpha value is -2.04. The van der Waals surface area contributed by atoms with Crippen molar-refractivity contribution >= 4 is 21.6 Å². The predicted molar refractivity (Wildman–Crippen MR) is 91.0 cm³/mol. The van der Waals surface area contributed by atoms with Crippen LogP contribution in [-0.4, -0.2) is 39.0 Å². The van der Waals surface area contributed by atoms with E-state index in [0.29, 0.717) is 0 Å². The van der Waals surface area contributed by atoms with Crippen LogP contribution in [0, 0.1) is 5.82 Å². The van der Waals surface area contributed by atoms with Gasteiger partial charge in [-0.2, -0.15) is 13.2 Å². The average molecular weight is 393 g/mol. The third kappa shape index (κ3) is 3.19. The molecule has 0 radical (unpaired) electrons. The lowest BCUT2D eigenvalue weighted by Crippen LogP contribution is -2.52. The Kier molecular flexibility index (Phi) is 4.32. The maximum absolute atomic E-state index is 14.3. The van der Waals surface area contributed by atoms with E-state index < -0.39 is 39.2 Å². The third-order valence-corrected chi connectivity index (χ3v) is 7.09. The van der Waals surface area contributed by atoms with Gasteiger partial charge in [0.2, 0.25) is 5.96 Å². The molecule has 4 N–H and O–H groups in total. The molecule has 3 rings (SSSR count). The second-order valence-corrected chi connectivity index (χ2v) is 8.80. The zero-order valence-electron chi connectivity index (χ0n) is 14.0. The number of benzene rings is 1. The molecule has 0 amide bonds. The van der Waals surface area contributed by atoms with Crippen molar-refractivity contribution in [2.24, 2.45) is 15.1 Å². The molecule has 0 aromatic heterocycles. The van der Waals surface area contributed by atoms with Gasteiger partial charge in [-0.05, 0) is 38.0 Å². The van der Waals surface area contributed by atoms with E-state index >= 15 is 0 Å². The molecule has 0 spiro atoms. The van der Waals surface area contributed by atoms with Crippen molar-refractivity contribution in [3.63, 3.8) is 0 Å². The summed E-state index contributed by atoms with van der Waals surface area (Å²) in [6.45, 7) is 1.50. The van der Waals surface area contributed by atoms with Gasteiger partial charge in [0.1, 0.15) is 21.3 Å². The van der Waals surface area contributed by atoms with Gasteiger partial charge < -0.3 is 11.5 Å². The molecule has 2 heterocycles. The van der Waals surface area contributed by atoms with Gasteiger partial charge in [-0.3, -0.25) is 4.31 Å². The Labute approximate surface area is 148 Å². The van der Waals surface area contributed by atoms with Crippen LogP contribution < -0.4 is 11.5 Å². The minimum Gasteiger partial charge on any atom is -0.399 e. The second kappa shape index (κ2) is 6.00. The lowest BCUT2D eigenvalue weighted by atomic mass is 9.93. The van der Waals surface area contributed by atoms with E-state index in [-0.39, 0.29) is 36.6 Å². The summed E-state index contributed by atoms with van der Waals surface area (Å²) in [5.41, 5.74) is 10.4. The maximum atomic E-state index is 14.3. The van der Waals surface area contributed by atoms with E-state index in [1.165, 1.54) is 19.1 Å². The highest BCUT2D eigenvalue weighted by molar-refractivity contribution is 7.92. The topological polar surface area (TPSA) is 97.1 Å². The molecule has 0 aliphatic carbocycles. The quantitative estimate of drug-likeness (QED) is 0.566. The first-order valence-electron chi connectivity index (χ1n) is 7.94. The lowest BCUT2D eigenvalue weighted by Gasteiger charge is -2.38. The zero-order valence-corrected chi connectivity index (χ0v) is 14.8. The number of nitrogens with two attached hydrogens (primary N) is 2. The summed E-state index contributed by atoms with van der Waals surface area (Å²) in [5.74, 6) is -1.28. The smallest absolute Gasteiger partial charge is 0.399 e. The van der Waals surface area contributed by atoms with Crippen molar-refractivity contribution in [1.29, 1.82) is 0 Å². The molecule has 2 aliphatic heterocycles. The summed E-state index contributed by atoms with van der Waals surface area (Å²) >= 11 is 0. The largest absolute Gasteiger partial charge is 0.411 e. The summed E-state index contributed by atoms with van der Waals surface area (Å²) in [6, 6.07) is 1.74. The van der Waals surface area contributed by atoms with Crippen LogP contribution in [0.1, 0.15) is 25.3 Å². The van der Waals surface area contributed by atoms with Gasteiger partial charge in [0.15, 0.2) is 6.04 Å². The lowest BCUT2D eigenvalue weighted by molar-refractivity contribution is -0.147. The first-order valence-corrected chi connectivity index (χ1v) is 9.58. The fraction of sp³-hybridized carbons (Fsp3) is 0.533. The molecule has 26 heavy (non-hydrogen) atoms. The van der Waals surface area contributed by atoms with Crippen molar-refractivity contribution in [2.75, 3.05) is 18.0 Å². The normalized spacial score (nSPS) is 32.3. The molecular formula is C15H19F4N5OS. The number of guanidine groups is 1. The number of nitrogen functional groups attached to an aromatic ring is 1. The molecule has 0 bridgehead atoms. The van der Waals surface area contributed by atoms with Gasteiger partial charge in [-0.25, -0.2) is 18.0 Å². The molecule has 6 nitrogen and oxygen atoms in total. The summed E-state index contributed by atoms with van der Waals surface area (Å²) in [7, 11) is -3.56. The Balaban J connectivity index is 2.17. The number of halogens is 4.